The Bertz CT molecular complexity index is 389. The summed E-state index contributed by atoms with van der Waals surface area (Å²) in [6.45, 7) is 3.91. The summed E-state index contributed by atoms with van der Waals surface area (Å²) in [6.07, 6.45) is 3.35. The van der Waals surface area contributed by atoms with E-state index in [1.807, 2.05) is 0 Å². The van der Waals surface area contributed by atoms with Crippen molar-refractivity contribution in [3.8, 4) is 5.75 Å². The highest BCUT2D eigenvalue weighted by Gasteiger charge is 2.11. The second-order valence-corrected chi connectivity index (χ2v) is 4.61. The molecule has 1 fully saturated rings. The van der Waals surface area contributed by atoms with Gasteiger partial charge in [-0.15, -0.1) is 0 Å². The average Bonchev–Trinajstić information content (AvgIpc) is 2.84. The normalized spacial score (nSPS) is 16.1. The van der Waals surface area contributed by atoms with Crippen LogP contribution in [0, 0.1) is 0 Å². The van der Waals surface area contributed by atoms with Crippen LogP contribution in [0.2, 0.25) is 5.02 Å². The van der Waals surface area contributed by atoms with Crippen molar-refractivity contribution in [1.82, 2.24) is 4.90 Å². The fourth-order valence-corrected chi connectivity index (χ4v) is 2.24. The first-order valence-electron chi connectivity index (χ1n) is 5.89. The van der Waals surface area contributed by atoms with E-state index < -0.39 is 0 Å². The summed E-state index contributed by atoms with van der Waals surface area (Å²) in [5.41, 5.74) is 0.571. The smallest absolute Gasteiger partial charge is 0.150 e. The van der Waals surface area contributed by atoms with Crippen LogP contribution in [0.25, 0.3) is 0 Å². The van der Waals surface area contributed by atoms with Crippen molar-refractivity contribution in [3.63, 3.8) is 0 Å². The zero-order valence-corrected chi connectivity index (χ0v) is 10.4. The van der Waals surface area contributed by atoms with Gasteiger partial charge in [0.2, 0.25) is 0 Å². The maximum atomic E-state index is 10.6. The predicted molar refractivity (Wildman–Crippen MR) is 68.0 cm³/mol. The predicted octanol–water partition coefficient (Wildman–Crippen LogP) is 2.63. The van der Waals surface area contributed by atoms with E-state index in [1.54, 1.807) is 18.2 Å². The van der Waals surface area contributed by atoms with Crippen LogP contribution in [0.5, 0.6) is 5.75 Å². The van der Waals surface area contributed by atoms with Gasteiger partial charge >= 0.3 is 0 Å². The van der Waals surface area contributed by atoms with E-state index in [9.17, 15) is 4.79 Å². The molecule has 1 aliphatic heterocycles. The number of hydrogen-bond acceptors (Lipinski definition) is 3. The lowest BCUT2D eigenvalue weighted by Crippen LogP contribution is -2.25. The molecule has 0 atom stereocenters. The number of benzene rings is 1. The Labute approximate surface area is 106 Å². The van der Waals surface area contributed by atoms with Crippen molar-refractivity contribution in [2.24, 2.45) is 0 Å². The fourth-order valence-electron chi connectivity index (χ4n) is 2.00. The van der Waals surface area contributed by atoms with E-state index in [1.165, 1.54) is 25.9 Å². The van der Waals surface area contributed by atoms with Gasteiger partial charge in [-0.25, -0.2) is 0 Å². The van der Waals surface area contributed by atoms with E-state index in [4.69, 9.17) is 16.3 Å². The van der Waals surface area contributed by atoms with Crippen LogP contribution in [0.3, 0.4) is 0 Å². The van der Waals surface area contributed by atoms with Gasteiger partial charge < -0.3 is 4.74 Å². The zero-order chi connectivity index (χ0) is 12.1. The molecular weight excluding hydrogens is 238 g/mol. The first kappa shape index (κ1) is 12.4. The zero-order valence-electron chi connectivity index (χ0n) is 9.69. The quantitative estimate of drug-likeness (QED) is 0.756. The van der Waals surface area contributed by atoms with Gasteiger partial charge in [-0.3, -0.25) is 9.69 Å². The van der Waals surface area contributed by atoms with Crippen LogP contribution in [-0.4, -0.2) is 37.4 Å². The summed E-state index contributed by atoms with van der Waals surface area (Å²) < 4.78 is 5.61. The van der Waals surface area contributed by atoms with Crippen LogP contribution in [0.1, 0.15) is 23.2 Å². The summed E-state index contributed by atoms with van der Waals surface area (Å²) >= 11 is 6.01. The molecule has 17 heavy (non-hydrogen) atoms. The van der Waals surface area contributed by atoms with Gasteiger partial charge in [0.05, 0.1) is 5.02 Å². The van der Waals surface area contributed by atoms with Crippen LogP contribution < -0.4 is 4.74 Å². The molecule has 0 bridgehead atoms. The van der Waals surface area contributed by atoms with Crippen molar-refractivity contribution in [3.05, 3.63) is 28.8 Å². The molecule has 3 nitrogen and oxygen atoms in total. The van der Waals surface area contributed by atoms with E-state index in [-0.39, 0.29) is 0 Å². The van der Waals surface area contributed by atoms with Gasteiger partial charge in [-0.1, -0.05) is 11.6 Å². The molecule has 0 aliphatic carbocycles. The van der Waals surface area contributed by atoms with Gasteiger partial charge in [0.1, 0.15) is 18.6 Å². The van der Waals surface area contributed by atoms with Crippen LogP contribution >= 0.6 is 11.6 Å². The minimum Gasteiger partial charge on any atom is -0.491 e. The minimum atomic E-state index is 0.496. The lowest BCUT2D eigenvalue weighted by atomic mass is 10.2. The average molecular weight is 254 g/mol. The van der Waals surface area contributed by atoms with Crippen molar-refractivity contribution in [2.45, 2.75) is 12.8 Å². The molecule has 0 aromatic heterocycles. The van der Waals surface area contributed by atoms with E-state index in [0.29, 0.717) is 22.9 Å². The molecule has 1 aromatic carbocycles. The second kappa shape index (κ2) is 6.03. The molecule has 0 radical (unpaired) electrons. The second-order valence-electron chi connectivity index (χ2n) is 4.20. The number of carbonyl (C=O) groups is 1. The Morgan fingerprint density at radius 3 is 2.76 bits per heavy atom. The molecular formula is C13H16ClNO2. The number of ether oxygens (including phenoxy) is 1. The summed E-state index contributed by atoms with van der Waals surface area (Å²) in [5.74, 6) is 0.650. The number of halogens is 1. The summed E-state index contributed by atoms with van der Waals surface area (Å²) in [6, 6.07) is 5.08. The third-order valence-electron chi connectivity index (χ3n) is 2.96. The Hall–Kier alpha value is -1.06. The highest BCUT2D eigenvalue weighted by molar-refractivity contribution is 6.32. The number of nitrogens with zero attached hydrogens (tertiary/aromatic N) is 1. The first-order chi connectivity index (χ1) is 8.29. The van der Waals surface area contributed by atoms with Gasteiger partial charge in [-0.05, 0) is 44.1 Å². The Morgan fingerprint density at radius 1 is 1.35 bits per heavy atom. The number of rotatable bonds is 5. The monoisotopic (exact) mass is 253 g/mol. The third kappa shape index (κ3) is 3.45. The number of aldehydes is 1. The molecule has 0 N–H and O–H groups in total. The molecule has 0 amide bonds. The summed E-state index contributed by atoms with van der Waals surface area (Å²) in [7, 11) is 0. The molecule has 1 heterocycles. The van der Waals surface area contributed by atoms with Gasteiger partial charge in [0.15, 0.2) is 0 Å². The molecule has 0 unspecified atom stereocenters. The Balaban J connectivity index is 1.83. The van der Waals surface area contributed by atoms with Crippen LogP contribution in [0.4, 0.5) is 0 Å². The molecule has 0 saturated carbocycles. The molecule has 2 rings (SSSR count). The molecule has 92 valence electrons. The number of carbonyl (C=O) groups excluding carboxylic acids is 1. The highest BCUT2D eigenvalue weighted by atomic mass is 35.5. The molecule has 1 saturated heterocycles. The number of likely N-dealkylation sites (tertiary alicyclic amines) is 1. The van der Waals surface area contributed by atoms with Crippen LogP contribution in [-0.2, 0) is 0 Å². The molecule has 0 spiro atoms. The van der Waals surface area contributed by atoms with Gasteiger partial charge in [-0.2, -0.15) is 0 Å². The van der Waals surface area contributed by atoms with Crippen molar-refractivity contribution in [1.29, 1.82) is 0 Å². The topological polar surface area (TPSA) is 29.5 Å². The fraction of sp³-hybridized carbons (Fsp3) is 0.462. The largest absolute Gasteiger partial charge is 0.491 e. The summed E-state index contributed by atoms with van der Waals surface area (Å²) in [5, 5.41) is 0.496. The number of hydrogen-bond donors (Lipinski definition) is 0. The third-order valence-corrected chi connectivity index (χ3v) is 3.25. The molecule has 1 aromatic rings. The minimum absolute atomic E-state index is 0.496. The van der Waals surface area contributed by atoms with Crippen molar-refractivity contribution < 1.29 is 9.53 Å². The maximum absolute atomic E-state index is 10.6. The lowest BCUT2D eigenvalue weighted by Gasteiger charge is -2.15. The lowest BCUT2D eigenvalue weighted by molar-refractivity contribution is 0.112. The first-order valence-corrected chi connectivity index (χ1v) is 6.27. The molecule has 1 aliphatic rings. The maximum Gasteiger partial charge on any atom is 0.150 e. The van der Waals surface area contributed by atoms with E-state index in [0.717, 1.165) is 12.8 Å². The summed E-state index contributed by atoms with van der Waals surface area (Å²) in [4.78, 5) is 12.9. The van der Waals surface area contributed by atoms with Crippen molar-refractivity contribution >= 4 is 17.9 Å². The van der Waals surface area contributed by atoms with Crippen LogP contribution in [0.15, 0.2) is 18.2 Å². The standard InChI is InChI=1S/C13H16ClNO2/c14-12-9-11(10-16)3-4-13(12)17-8-7-15-5-1-2-6-15/h3-4,9-10H,1-2,5-8H2. The van der Waals surface area contributed by atoms with E-state index >= 15 is 0 Å². The SMILES string of the molecule is O=Cc1ccc(OCCN2CCCC2)c(Cl)c1. The highest BCUT2D eigenvalue weighted by Crippen LogP contribution is 2.24. The Kier molecular flexibility index (Phi) is 4.40. The molecule has 4 heteroatoms. The van der Waals surface area contributed by atoms with E-state index in [2.05, 4.69) is 4.90 Å². The van der Waals surface area contributed by atoms with Gasteiger partial charge in [0, 0.05) is 12.1 Å². The van der Waals surface area contributed by atoms with Crippen molar-refractivity contribution in [2.75, 3.05) is 26.2 Å². The van der Waals surface area contributed by atoms with Gasteiger partial charge in [0.25, 0.3) is 0 Å². The Morgan fingerprint density at radius 2 is 2.12 bits per heavy atom.